The van der Waals surface area contributed by atoms with Crippen molar-refractivity contribution >= 4 is 22.6 Å². The maximum Gasteiger partial charge on any atom is 0.0931 e. The van der Waals surface area contributed by atoms with Crippen molar-refractivity contribution in [3.8, 4) is 0 Å². The van der Waals surface area contributed by atoms with Crippen LogP contribution in [0.1, 0.15) is 30.7 Å². The van der Waals surface area contributed by atoms with Gasteiger partial charge in [0.15, 0.2) is 0 Å². The molecule has 2 aromatic rings. The summed E-state index contributed by atoms with van der Waals surface area (Å²) in [6.07, 6.45) is 5.62. The second-order valence-corrected chi connectivity index (χ2v) is 6.61. The maximum absolute atomic E-state index is 6.57. The lowest BCUT2D eigenvalue weighted by atomic mass is 9.85. The van der Waals surface area contributed by atoms with E-state index >= 15 is 0 Å². The Morgan fingerprint density at radius 3 is 2.95 bits per heavy atom. The van der Waals surface area contributed by atoms with Crippen LogP contribution < -0.4 is 5.32 Å². The van der Waals surface area contributed by atoms with Crippen molar-refractivity contribution in [1.29, 1.82) is 0 Å². The molecule has 0 bridgehead atoms. The van der Waals surface area contributed by atoms with Gasteiger partial charge in [-0.1, -0.05) is 11.6 Å². The fourth-order valence-corrected chi connectivity index (χ4v) is 4.23. The maximum atomic E-state index is 6.57. The van der Waals surface area contributed by atoms with Gasteiger partial charge in [-0.2, -0.15) is 0 Å². The van der Waals surface area contributed by atoms with Gasteiger partial charge in [0.1, 0.15) is 0 Å². The van der Waals surface area contributed by atoms with Gasteiger partial charge in [-0.15, -0.1) is 0 Å². The highest BCUT2D eigenvalue weighted by Gasteiger charge is 2.33. The molecule has 2 unspecified atom stereocenters. The van der Waals surface area contributed by atoms with Crippen molar-refractivity contribution < 1.29 is 0 Å². The minimum atomic E-state index is 0.469. The normalized spacial score (nSPS) is 27.5. The highest BCUT2D eigenvalue weighted by atomic mass is 35.5. The zero-order chi connectivity index (χ0) is 14.2. The molecule has 1 aromatic carbocycles. The van der Waals surface area contributed by atoms with Crippen molar-refractivity contribution in [1.82, 2.24) is 20.2 Å². The molecule has 112 valence electrons. The van der Waals surface area contributed by atoms with E-state index in [1.807, 2.05) is 6.07 Å². The molecule has 0 aliphatic carbocycles. The molecule has 2 aliphatic heterocycles. The van der Waals surface area contributed by atoms with Crippen LogP contribution in [0.25, 0.3) is 11.0 Å². The van der Waals surface area contributed by atoms with Gasteiger partial charge in [-0.25, -0.2) is 4.98 Å². The summed E-state index contributed by atoms with van der Waals surface area (Å²) in [5.74, 6) is 0.469. The van der Waals surface area contributed by atoms with Gasteiger partial charge in [0.05, 0.1) is 17.4 Å². The number of aromatic amines is 1. The number of nitrogens with one attached hydrogen (secondary N) is 2. The molecule has 2 N–H and O–H groups in total. The summed E-state index contributed by atoms with van der Waals surface area (Å²) < 4.78 is 0. The number of hydrogen-bond acceptors (Lipinski definition) is 3. The van der Waals surface area contributed by atoms with Gasteiger partial charge < -0.3 is 10.3 Å². The Hall–Kier alpha value is -1.10. The largest absolute Gasteiger partial charge is 0.345 e. The Morgan fingerprint density at radius 2 is 2.10 bits per heavy atom. The van der Waals surface area contributed by atoms with Crippen LogP contribution in [0.5, 0.6) is 0 Å². The average molecular weight is 305 g/mol. The molecule has 4 rings (SSSR count). The van der Waals surface area contributed by atoms with Gasteiger partial charge >= 0.3 is 0 Å². The van der Waals surface area contributed by atoms with E-state index in [-0.39, 0.29) is 0 Å². The SMILES string of the molecule is Clc1cc2nc[nH]c2cc1C1CNCCC1N1CCCC1. The van der Waals surface area contributed by atoms with Crippen molar-refractivity contribution in [3.05, 3.63) is 29.0 Å². The molecule has 5 heteroatoms. The molecule has 0 spiro atoms. The Morgan fingerprint density at radius 1 is 1.24 bits per heavy atom. The van der Waals surface area contributed by atoms with Crippen LogP contribution in [0.4, 0.5) is 0 Å². The summed E-state index contributed by atoms with van der Waals surface area (Å²) in [5.41, 5.74) is 3.29. The van der Waals surface area contributed by atoms with Gasteiger partial charge in [-0.05, 0) is 56.6 Å². The lowest BCUT2D eigenvalue weighted by Crippen LogP contribution is -2.47. The lowest BCUT2D eigenvalue weighted by molar-refractivity contribution is 0.175. The first-order valence-electron chi connectivity index (χ1n) is 7.90. The van der Waals surface area contributed by atoms with E-state index in [9.17, 15) is 0 Å². The number of nitrogens with zero attached hydrogens (tertiary/aromatic N) is 2. The summed E-state index contributed by atoms with van der Waals surface area (Å²) in [7, 11) is 0. The standard InChI is InChI=1S/C16H21ClN4/c17-13-8-15-14(19-10-20-15)7-11(13)12-9-18-4-3-16(12)21-5-1-2-6-21/h7-8,10,12,16,18H,1-6,9H2,(H,19,20). The summed E-state index contributed by atoms with van der Waals surface area (Å²) >= 11 is 6.57. The number of fused-ring (bicyclic) bond motifs is 1. The van der Waals surface area contributed by atoms with Crippen LogP contribution in [0.2, 0.25) is 5.02 Å². The van der Waals surface area contributed by atoms with Crippen molar-refractivity contribution in [2.75, 3.05) is 26.2 Å². The first-order chi connectivity index (χ1) is 10.3. The fourth-order valence-electron chi connectivity index (χ4n) is 3.93. The van der Waals surface area contributed by atoms with Crippen LogP contribution in [-0.4, -0.2) is 47.1 Å². The molecular weight excluding hydrogens is 284 g/mol. The summed E-state index contributed by atoms with van der Waals surface area (Å²) in [4.78, 5) is 10.2. The number of benzene rings is 1. The van der Waals surface area contributed by atoms with Crippen LogP contribution in [0, 0.1) is 0 Å². The highest BCUT2D eigenvalue weighted by molar-refractivity contribution is 6.32. The molecule has 4 nitrogen and oxygen atoms in total. The molecule has 0 amide bonds. The molecule has 2 fully saturated rings. The smallest absolute Gasteiger partial charge is 0.0931 e. The Kier molecular flexibility index (Phi) is 3.61. The van der Waals surface area contributed by atoms with Gasteiger partial charge in [0, 0.05) is 23.5 Å². The minimum absolute atomic E-state index is 0.469. The van der Waals surface area contributed by atoms with E-state index in [4.69, 9.17) is 11.6 Å². The lowest BCUT2D eigenvalue weighted by Gasteiger charge is -2.39. The molecule has 2 atom stereocenters. The van der Waals surface area contributed by atoms with E-state index in [2.05, 4.69) is 26.3 Å². The molecule has 3 heterocycles. The first-order valence-corrected chi connectivity index (χ1v) is 8.28. The van der Waals surface area contributed by atoms with E-state index in [1.54, 1.807) is 6.33 Å². The summed E-state index contributed by atoms with van der Waals surface area (Å²) in [5, 5.41) is 4.40. The van der Waals surface area contributed by atoms with Crippen LogP contribution >= 0.6 is 11.6 Å². The number of hydrogen-bond donors (Lipinski definition) is 2. The van der Waals surface area contributed by atoms with Crippen LogP contribution in [0.3, 0.4) is 0 Å². The number of imidazole rings is 1. The number of likely N-dealkylation sites (tertiary alicyclic amines) is 1. The summed E-state index contributed by atoms with van der Waals surface area (Å²) in [6, 6.07) is 4.82. The number of piperidine rings is 1. The second kappa shape index (κ2) is 5.59. The van der Waals surface area contributed by atoms with Crippen LogP contribution in [-0.2, 0) is 0 Å². The number of H-pyrrole nitrogens is 1. The van der Waals surface area contributed by atoms with Crippen molar-refractivity contribution in [2.45, 2.75) is 31.2 Å². The third-order valence-electron chi connectivity index (χ3n) is 4.99. The zero-order valence-electron chi connectivity index (χ0n) is 12.1. The third kappa shape index (κ3) is 2.45. The molecule has 1 aromatic heterocycles. The molecule has 0 saturated carbocycles. The predicted molar refractivity (Wildman–Crippen MR) is 85.9 cm³/mol. The zero-order valence-corrected chi connectivity index (χ0v) is 12.9. The van der Waals surface area contributed by atoms with E-state index < -0.39 is 0 Å². The van der Waals surface area contributed by atoms with E-state index in [0.717, 1.165) is 29.1 Å². The molecule has 21 heavy (non-hydrogen) atoms. The van der Waals surface area contributed by atoms with Gasteiger partial charge in [0.2, 0.25) is 0 Å². The quantitative estimate of drug-likeness (QED) is 0.896. The van der Waals surface area contributed by atoms with Crippen molar-refractivity contribution in [3.63, 3.8) is 0 Å². The van der Waals surface area contributed by atoms with E-state index in [0.29, 0.717) is 12.0 Å². The molecular formula is C16H21ClN4. The average Bonchev–Trinajstić information content (AvgIpc) is 3.17. The topological polar surface area (TPSA) is 44.0 Å². The second-order valence-electron chi connectivity index (χ2n) is 6.20. The predicted octanol–water partition coefficient (Wildman–Crippen LogP) is 2.76. The minimum Gasteiger partial charge on any atom is -0.345 e. The number of halogens is 1. The highest BCUT2D eigenvalue weighted by Crippen LogP contribution is 2.35. The van der Waals surface area contributed by atoms with Gasteiger partial charge in [0.25, 0.3) is 0 Å². The Labute approximate surface area is 129 Å². The third-order valence-corrected chi connectivity index (χ3v) is 5.32. The Bertz CT molecular complexity index is 632. The fraction of sp³-hybridized carbons (Fsp3) is 0.562. The van der Waals surface area contributed by atoms with Gasteiger partial charge in [-0.3, -0.25) is 4.90 Å². The number of rotatable bonds is 2. The monoisotopic (exact) mass is 304 g/mol. The first kappa shape index (κ1) is 13.6. The Balaban J connectivity index is 1.71. The molecule has 2 saturated heterocycles. The number of aromatic nitrogens is 2. The van der Waals surface area contributed by atoms with Crippen molar-refractivity contribution in [2.24, 2.45) is 0 Å². The molecule has 0 radical (unpaired) electrons. The molecule has 2 aliphatic rings. The summed E-state index contributed by atoms with van der Waals surface area (Å²) in [6.45, 7) is 4.61. The van der Waals surface area contributed by atoms with E-state index in [1.165, 1.54) is 37.9 Å². The van der Waals surface area contributed by atoms with Crippen LogP contribution in [0.15, 0.2) is 18.5 Å².